The van der Waals surface area contributed by atoms with Gasteiger partial charge in [0.05, 0.1) is 6.20 Å². The average molecular weight is 293 g/mol. The zero-order valence-corrected chi connectivity index (χ0v) is 12.2. The highest BCUT2D eigenvalue weighted by atomic mass is 16.2. The summed E-state index contributed by atoms with van der Waals surface area (Å²) in [5, 5.41) is 9.35. The number of amides is 4. The van der Waals surface area contributed by atoms with Crippen molar-refractivity contribution < 1.29 is 14.4 Å². The second-order valence-corrected chi connectivity index (χ2v) is 4.96. The zero-order chi connectivity index (χ0) is 15.4. The predicted octanol–water partition coefficient (Wildman–Crippen LogP) is 0.585. The van der Waals surface area contributed by atoms with Gasteiger partial charge in [-0.1, -0.05) is 6.92 Å². The van der Waals surface area contributed by atoms with E-state index in [-0.39, 0.29) is 37.4 Å². The number of carbonyl (C=O) groups is 3. The van der Waals surface area contributed by atoms with E-state index in [4.69, 9.17) is 0 Å². The Morgan fingerprint density at radius 3 is 2.86 bits per heavy atom. The molecular weight excluding hydrogens is 274 g/mol. The minimum atomic E-state index is -0.303. The number of urea groups is 1. The lowest BCUT2D eigenvalue weighted by atomic mass is 10.2. The molecule has 4 amide bonds. The Kier molecular flexibility index (Phi) is 4.56. The lowest BCUT2D eigenvalue weighted by Crippen LogP contribution is -2.32. The Hall–Kier alpha value is -2.38. The fourth-order valence-corrected chi connectivity index (χ4v) is 2.18. The molecule has 0 unspecified atom stereocenters. The van der Waals surface area contributed by atoms with Crippen LogP contribution in [0.25, 0.3) is 0 Å². The number of rotatable bonds is 6. The van der Waals surface area contributed by atoms with Crippen molar-refractivity contribution in [2.45, 2.75) is 26.2 Å². The molecule has 1 aromatic heterocycles. The number of nitrogens with zero attached hydrogens (tertiary/aromatic N) is 3. The van der Waals surface area contributed by atoms with Crippen molar-refractivity contribution in [2.75, 3.05) is 25.5 Å². The van der Waals surface area contributed by atoms with Gasteiger partial charge < -0.3 is 10.2 Å². The standard InChI is InChI=1S/C13H19N5O3/c1-3-9-7-14-16-12(9)15-10(19)5-4-6-18-11(20)8-17(2)13(18)21/h7H,3-6,8H2,1-2H3,(H2,14,15,16,19). The maximum Gasteiger partial charge on any atom is 0.326 e. The number of aromatic nitrogens is 2. The van der Waals surface area contributed by atoms with Crippen molar-refractivity contribution in [1.82, 2.24) is 20.0 Å². The second-order valence-electron chi connectivity index (χ2n) is 4.96. The van der Waals surface area contributed by atoms with Crippen LogP contribution in [0.5, 0.6) is 0 Å². The first-order valence-corrected chi connectivity index (χ1v) is 6.90. The van der Waals surface area contributed by atoms with Gasteiger partial charge in [0.2, 0.25) is 11.8 Å². The van der Waals surface area contributed by atoms with Gasteiger partial charge in [-0.05, 0) is 12.8 Å². The molecule has 0 aliphatic carbocycles. The van der Waals surface area contributed by atoms with Gasteiger partial charge >= 0.3 is 6.03 Å². The normalized spacial score (nSPS) is 15.0. The highest BCUT2D eigenvalue weighted by Crippen LogP contribution is 2.13. The van der Waals surface area contributed by atoms with Crippen LogP contribution in [0.2, 0.25) is 0 Å². The first-order valence-electron chi connectivity index (χ1n) is 6.90. The lowest BCUT2D eigenvalue weighted by molar-refractivity contribution is -0.125. The SMILES string of the molecule is CCc1cn[nH]c1NC(=O)CCCN1C(=O)CN(C)C1=O. The summed E-state index contributed by atoms with van der Waals surface area (Å²) in [4.78, 5) is 37.6. The molecule has 114 valence electrons. The summed E-state index contributed by atoms with van der Waals surface area (Å²) in [5.41, 5.74) is 0.940. The molecule has 0 bridgehead atoms. The first kappa shape index (κ1) is 15.0. The van der Waals surface area contributed by atoms with E-state index in [9.17, 15) is 14.4 Å². The minimum absolute atomic E-state index is 0.110. The van der Waals surface area contributed by atoms with Gasteiger partial charge in [-0.15, -0.1) is 0 Å². The largest absolute Gasteiger partial charge is 0.326 e. The van der Waals surface area contributed by atoms with Crippen molar-refractivity contribution in [3.63, 3.8) is 0 Å². The Morgan fingerprint density at radius 2 is 2.24 bits per heavy atom. The van der Waals surface area contributed by atoms with E-state index in [0.717, 1.165) is 12.0 Å². The van der Waals surface area contributed by atoms with Gasteiger partial charge in [0.25, 0.3) is 0 Å². The van der Waals surface area contributed by atoms with Crippen molar-refractivity contribution in [1.29, 1.82) is 0 Å². The number of hydrogen-bond donors (Lipinski definition) is 2. The third kappa shape index (κ3) is 3.39. The van der Waals surface area contributed by atoms with E-state index < -0.39 is 0 Å². The molecule has 1 fully saturated rings. The second kappa shape index (κ2) is 6.38. The molecule has 1 aliphatic rings. The predicted molar refractivity (Wildman–Crippen MR) is 75.6 cm³/mol. The number of hydrogen-bond acceptors (Lipinski definition) is 4. The van der Waals surface area contributed by atoms with Crippen LogP contribution >= 0.6 is 0 Å². The molecule has 0 aromatic carbocycles. The highest BCUT2D eigenvalue weighted by Gasteiger charge is 2.32. The van der Waals surface area contributed by atoms with Crippen LogP contribution in [0.15, 0.2) is 6.20 Å². The molecule has 1 aliphatic heterocycles. The van der Waals surface area contributed by atoms with Crippen LogP contribution in [0.1, 0.15) is 25.3 Å². The van der Waals surface area contributed by atoms with Crippen molar-refractivity contribution in [3.8, 4) is 0 Å². The molecule has 0 atom stereocenters. The van der Waals surface area contributed by atoms with Crippen LogP contribution in [0, 0.1) is 0 Å². The third-order valence-electron chi connectivity index (χ3n) is 3.38. The molecule has 1 saturated heterocycles. The Morgan fingerprint density at radius 1 is 1.48 bits per heavy atom. The molecular formula is C13H19N5O3. The molecule has 2 rings (SSSR count). The number of carbonyl (C=O) groups excluding carboxylic acids is 3. The van der Waals surface area contributed by atoms with E-state index in [1.54, 1.807) is 13.2 Å². The van der Waals surface area contributed by atoms with E-state index in [1.807, 2.05) is 6.92 Å². The van der Waals surface area contributed by atoms with Crippen LogP contribution in [0.4, 0.5) is 10.6 Å². The molecule has 0 radical (unpaired) electrons. The van der Waals surface area contributed by atoms with Gasteiger partial charge in [-0.25, -0.2) is 4.79 Å². The number of imide groups is 1. The number of nitrogens with one attached hydrogen (secondary N) is 2. The number of aromatic amines is 1. The number of H-pyrrole nitrogens is 1. The highest BCUT2D eigenvalue weighted by molar-refractivity contribution is 6.01. The fourth-order valence-electron chi connectivity index (χ4n) is 2.18. The van der Waals surface area contributed by atoms with Gasteiger partial charge in [0.1, 0.15) is 12.4 Å². The number of likely N-dealkylation sites (N-methyl/N-ethyl adjacent to an activating group) is 1. The Labute approximate surface area is 122 Å². The molecule has 8 nitrogen and oxygen atoms in total. The first-order chi connectivity index (χ1) is 10.0. The third-order valence-corrected chi connectivity index (χ3v) is 3.38. The van der Waals surface area contributed by atoms with Crippen LogP contribution in [-0.2, 0) is 16.0 Å². The summed E-state index contributed by atoms with van der Waals surface area (Å²) in [7, 11) is 1.58. The molecule has 0 saturated carbocycles. The van der Waals surface area contributed by atoms with Crippen molar-refractivity contribution in [3.05, 3.63) is 11.8 Å². The van der Waals surface area contributed by atoms with Crippen LogP contribution < -0.4 is 5.32 Å². The van der Waals surface area contributed by atoms with Gasteiger partial charge in [-0.3, -0.25) is 19.6 Å². The van der Waals surface area contributed by atoms with Gasteiger partial charge in [0.15, 0.2) is 0 Å². The monoisotopic (exact) mass is 293 g/mol. The summed E-state index contributed by atoms with van der Waals surface area (Å²) < 4.78 is 0. The number of anilines is 1. The molecule has 2 N–H and O–H groups in total. The van der Waals surface area contributed by atoms with Crippen LogP contribution in [0.3, 0.4) is 0 Å². The Bertz CT molecular complexity index is 554. The van der Waals surface area contributed by atoms with E-state index in [0.29, 0.717) is 12.2 Å². The fraction of sp³-hybridized carbons (Fsp3) is 0.538. The minimum Gasteiger partial charge on any atom is -0.318 e. The molecule has 8 heteroatoms. The quantitative estimate of drug-likeness (QED) is 0.750. The molecule has 21 heavy (non-hydrogen) atoms. The summed E-state index contributed by atoms with van der Waals surface area (Å²) >= 11 is 0. The van der Waals surface area contributed by atoms with E-state index in [2.05, 4.69) is 15.5 Å². The maximum absolute atomic E-state index is 11.8. The van der Waals surface area contributed by atoms with Gasteiger partial charge in [-0.2, -0.15) is 5.10 Å². The molecule has 0 spiro atoms. The van der Waals surface area contributed by atoms with Crippen molar-refractivity contribution >= 4 is 23.7 Å². The average Bonchev–Trinajstić information content (AvgIpc) is 2.98. The van der Waals surface area contributed by atoms with E-state index >= 15 is 0 Å². The summed E-state index contributed by atoms with van der Waals surface area (Å²) in [6, 6.07) is -0.303. The Balaban J connectivity index is 1.77. The number of aryl methyl sites for hydroxylation is 1. The maximum atomic E-state index is 11.8. The topological polar surface area (TPSA) is 98.4 Å². The van der Waals surface area contributed by atoms with Crippen LogP contribution in [-0.4, -0.2) is 58.0 Å². The summed E-state index contributed by atoms with van der Waals surface area (Å²) in [5.74, 6) is 0.224. The zero-order valence-electron chi connectivity index (χ0n) is 12.2. The summed E-state index contributed by atoms with van der Waals surface area (Å²) in [6.07, 6.45) is 3.12. The molecule has 2 heterocycles. The lowest BCUT2D eigenvalue weighted by Gasteiger charge is -2.13. The van der Waals surface area contributed by atoms with Crippen molar-refractivity contribution in [2.24, 2.45) is 0 Å². The van der Waals surface area contributed by atoms with E-state index in [1.165, 1.54) is 9.80 Å². The smallest absolute Gasteiger partial charge is 0.318 e. The molecule has 1 aromatic rings. The summed E-state index contributed by atoms with van der Waals surface area (Å²) in [6.45, 7) is 2.35. The van der Waals surface area contributed by atoms with Gasteiger partial charge in [0, 0.05) is 25.6 Å².